The van der Waals surface area contributed by atoms with Crippen molar-refractivity contribution in [2.24, 2.45) is 0 Å². The van der Waals surface area contributed by atoms with Gasteiger partial charge in [0.2, 0.25) is 0 Å². The maximum Gasteiger partial charge on any atom is 0.157 e. The second-order valence-corrected chi connectivity index (χ2v) is 7.14. The highest BCUT2D eigenvalue weighted by Crippen LogP contribution is 2.35. The Bertz CT molecular complexity index is 916. The first-order chi connectivity index (χ1) is 12.4. The summed E-state index contributed by atoms with van der Waals surface area (Å²) in [7, 11) is 1.64. The lowest BCUT2D eigenvalue weighted by atomic mass is 9.86. The molecule has 0 saturated carbocycles. The number of anilines is 3. The van der Waals surface area contributed by atoms with Gasteiger partial charge in [0.15, 0.2) is 5.82 Å². The highest BCUT2D eigenvalue weighted by atomic mass is 16.5. The van der Waals surface area contributed by atoms with Crippen molar-refractivity contribution in [3.05, 3.63) is 60.4 Å². The molecule has 26 heavy (non-hydrogen) atoms. The smallest absolute Gasteiger partial charge is 0.157 e. The summed E-state index contributed by atoms with van der Waals surface area (Å²) < 4.78 is 5.30. The predicted octanol–water partition coefficient (Wildman–Crippen LogP) is 4.78. The van der Waals surface area contributed by atoms with E-state index in [0.717, 1.165) is 17.0 Å². The van der Waals surface area contributed by atoms with Crippen LogP contribution < -0.4 is 15.8 Å². The SMILES string of the molecule is COc1cccc(-c2ncnc(Nc3ccccc3C(C)(C)C)c2N)c1. The summed E-state index contributed by atoms with van der Waals surface area (Å²) in [5.41, 5.74) is 10.6. The molecule has 3 N–H and O–H groups in total. The maximum atomic E-state index is 6.39. The molecular weight excluding hydrogens is 324 g/mol. The molecular formula is C21H24N4O. The number of ether oxygens (including phenoxy) is 1. The molecule has 0 unspecified atom stereocenters. The second kappa shape index (κ2) is 7.04. The summed E-state index contributed by atoms with van der Waals surface area (Å²) in [5, 5.41) is 3.38. The number of rotatable bonds is 4. The van der Waals surface area contributed by atoms with Crippen LogP contribution in [0, 0.1) is 0 Å². The summed E-state index contributed by atoms with van der Waals surface area (Å²) in [5.74, 6) is 1.35. The molecule has 5 nitrogen and oxygen atoms in total. The van der Waals surface area contributed by atoms with E-state index < -0.39 is 0 Å². The maximum absolute atomic E-state index is 6.39. The molecule has 0 amide bonds. The molecule has 0 radical (unpaired) electrons. The van der Waals surface area contributed by atoms with Gasteiger partial charge in [-0.05, 0) is 29.2 Å². The summed E-state index contributed by atoms with van der Waals surface area (Å²) in [6.45, 7) is 6.54. The minimum absolute atomic E-state index is 0.00100. The molecule has 3 aromatic rings. The zero-order valence-corrected chi connectivity index (χ0v) is 15.6. The fraction of sp³-hybridized carbons (Fsp3) is 0.238. The van der Waals surface area contributed by atoms with Crippen LogP contribution in [0.25, 0.3) is 11.3 Å². The first-order valence-electron chi connectivity index (χ1n) is 8.51. The molecule has 0 fully saturated rings. The number of aromatic nitrogens is 2. The van der Waals surface area contributed by atoms with Crippen molar-refractivity contribution in [2.75, 3.05) is 18.2 Å². The van der Waals surface area contributed by atoms with Crippen molar-refractivity contribution < 1.29 is 4.74 Å². The molecule has 3 rings (SSSR count). The van der Waals surface area contributed by atoms with Crippen molar-refractivity contribution in [3.63, 3.8) is 0 Å². The molecule has 2 aromatic carbocycles. The van der Waals surface area contributed by atoms with E-state index in [1.807, 2.05) is 42.5 Å². The van der Waals surface area contributed by atoms with Crippen molar-refractivity contribution >= 4 is 17.2 Å². The Morgan fingerprint density at radius 1 is 1.00 bits per heavy atom. The number of para-hydroxylation sites is 1. The van der Waals surface area contributed by atoms with Crippen LogP contribution in [-0.2, 0) is 5.41 Å². The minimum Gasteiger partial charge on any atom is -0.497 e. The Labute approximate surface area is 154 Å². The molecule has 5 heteroatoms. The third-order valence-corrected chi connectivity index (χ3v) is 4.22. The van der Waals surface area contributed by atoms with Gasteiger partial charge in [0.25, 0.3) is 0 Å². The second-order valence-electron chi connectivity index (χ2n) is 7.14. The van der Waals surface area contributed by atoms with Gasteiger partial charge in [-0.1, -0.05) is 51.1 Å². The Morgan fingerprint density at radius 2 is 1.77 bits per heavy atom. The first kappa shape index (κ1) is 17.7. The Hall–Kier alpha value is -3.08. The number of hydrogen-bond acceptors (Lipinski definition) is 5. The number of nitrogens with one attached hydrogen (secondary N) is 1. The van der Waals surface area contributed by atoms with E-state index in [4.69, 9.17) is 10.5 Å². The molecule has 1 aromatic heterocycles. The van der Waals surface area contributed by atoms with E-state index in [-0.39, 0.29) is 5.41 Å². The average molecular weight is 348 g/mol. The monoisotopic (exact) mass is 348 g/mol. The average Bonchev–Trinajstić information content (AvgIpc) is 2.63. The molecule has 0 spiro atoms. The van der Waals surface area contributed by atoms with Gasteiger partial charge < -0.3 is 15.8 Å². The minimum atomic E-state index is 0.00100. The van der Waals surface area contributed by atoms with Gasteiger partial charge in [0.05, 0.1) is 12.8 Å². The summed E-state index contributed by atoms with van der Waals surface area (Å²) in [6.07, 6.45) is 1.52. The van der Waals surface area contributed by atoms with Gasteiger partial charge in [-0.15, -0.1) is 0 Å². The van der Waals surface area contributed by atoms with E-state index in [0.29, 0.717) is 17.2 Å². The molecule has 0 aliphatic heterocycles. The molecule has 0 saturated heterocycles. The molecule has 0 aliphatic carbocycles. The topological polar surface area (TPSA) is 73.1 Å². The van der Waals surface area contributed by atoms with Gasteiger partial charge >= 0.3 is 0 Å². The Kier molecular flexibility index (Phi) is 4.80. The van der Waals surface area contributed by atoms with E-state index in [1.165, 1.54) is 11.9 Å². The van der Waals surface area contributed by atoms with Crippen LogP contribution in [0.15, 0.2) is 54.9 Å². The van der Waals surface area contributed by atoms with E-state index in [9.17, 15) is 0 Å². The van der Waals surface area contributed by atoms with Gasteiger partial charge in [-0.25, -0.2) is 9.97 Å². The van der Waals surface area contributed by atoms with E-state index >= 15 is 0 Å². The zero-order chi connectivity index (χ0) is 18.7. The number of benzene rings is 2. The van der Waals surface area contributed by atoms with Gasteiger partial charge in [0, 0.05) is 11.3 Å². The third-order valence-electron chi connectivity index (χ3n) is 4.22. The highest BCUT2D eigenvalue weighted by Gasteiger charge is 2.19. The van der Waals surface area contributed by atoms with Crippen LogP contribution in [0.4, 0.5) is 17.2 Å². The molecule has 0 atom stereocenters. The van der Waals surface area contributed by atoms with Crippen LogP contribution in [0.3, 0.4) is 0 Å². The first-order valence-corrected chi connectivity index (χ1v) is 8.51. The van der Waals surface area contributed by atoms with Gasteiger partial charge in [0.1, 0.15) is 17.8 Å². The summed E-state index contributed by atoms with van der Waals surface area (Å²) in [6, 6.07) is 15.8. The lowest BCUT2D eigenvalue weighted by Crippen LogP contribution is -2.14. The highest BCUT2D eigenvalue weighted by molar-refractivity contribution is 5.83. The predicted molar refractivity (Wildman–Crippen MR) is 107 cm³/mol. The van der Waals surface area contributed by atoms with E-state index in [2.05, 4.69) is 42.1 Å². The quantitative estimate of drug-likeness (QED) is 0.710. The summed E-state index contributed by atoms with van der Waals surface area (Å²) in [4.78, 5) is 8.71. The lowest BCUT2D eigenvalue weighted by molar-refractivity contribution is 0.415. The summed E-state index contributed by atoms with van der Waals surface area (Å²) >= 11 is 0. The van der Waals surface area contributed by atoms with Crippen molar-refractivity contribution in [2.45, 2.75) is 26.2 Å². The molecule has 0 aliphatic rings. The van der Waals surface area contributed by atoms with Crippen LogP contribution >= 0.6 is 0 Å². The zero-order valence-electron chi connectivity index (χ0n) is 15.6. The van der Waals surface area contributed by atoms with Crippen LogP contribution in [0.5, 0.6) is 5.75 Å². The largest absolute Gasteiger partial charge is 0.497 e. The molecule has 134 valence electrons. The van der Waals surface area contributed by atoms with Crippen LogP contribution in [-0.4, -0.2) is 17.1 Å². The number of nitrogen functional groups attached to an aromatic ring is 1. The molecule has 1 heterocycles. The van der Waals surface area contributed by atoms with Crippen LogP contribution in [0.1, 0.15) is 26.3 Å². The fourth-order valence-electron chi connectivity index (χ4n) is 2.87. The van der Waals surface area contributed by atoms with Crippen LogP contribution in [0.2, 0.25) is 0 Å². The normalized spacial score (nSPS) is 11.2. The number of hydrogen-bond donors (Lipinski definition) is 2. The van der Waals surface area contributed by atoms with E-state index in [1.54, 1.807) is 7.11 Å². The standard InChI is InChI=1S/C21H24N4O/c1-21(2,3)16-10-5-6-11-17(16)25-20-18(22)19(23-13-24-20)14-8-7-9-15(12-14)26-4/h5-13H,22H2,1-4H3,(H,23,24,25). The molecule has 0 bridgehead atoms. The lowest BCUT2D eigenvalue weighted by Gasteiger charge is -2.23. The third kappa shape index (κ3) is 3.61. The van der Waals surface area contributed by atoms with Gasteiger partial charge in [-0.3, -0.25) is 0 Å². The number of methoxy groups -OCH3 is 1. The Balaban J connectivity index is 2.01. The number of nitrogens with zero attached hydrogens (tertiary/aromatic N) is 2. The fourth-order valence-corrected chi connectivity index (χ4v) is 2.87. The van der Waals surface area contributed by atoms with Crippen molar-refractivity contribution in [1.29, 1.82) is 0 Å². The van der Waals surface area contributed by atoms with Crippen molar-refractivity contribution in [1.82, 2.24) is 9.97 Å². The number of nitrogens with two attached hydrogens (primary N) is 1. The van der Waals surface area contributed by atoms with Crippen molar-refractivity contribution in [3.8, 4) is 17.0 Å². The van der Waals surface area contributed by atoms with Gasteiger partial charge in [-0.2, -0.15) is 0 Å². The Morgan fingerprint density at radius 3 is 2.50 bits per heavy atom.